The van der Waals surface area contributed by atoms with Crippen molar-refractivity contribution in [1.29, 1.82) is 0 Å². The van der Waals surface area contributed by atoms with Crippen LogP contribution in [0.2, 0.25) is 0 Å². The van der Waals surface area contributed by atoms with Crippen LogP contribution in [0.3, 0.4) is 0 Å². The summed E-state index contributed by atoms with van der Waals surface area (Å²) >= 11 is 0. The third-order valence-electron chi connectivity index (χ3n) is 4.57. The largest absolute Gasteiger partial charge is 0.496 e. The summed E-state index contributed by atoms with van der Waals surface area (Å²) in [6.45, 7) is 0.377. The van der Waals surface area contributed by atoms with Gasteiger partial charge in [-0.25, -0.2) is 0 Å². The van der Waals surface area contributed by atoms with Gasteiger partial charge in [-0.05, 0) is 23.3 Å². The summed E-state index contributed by atoms with van der Waals surface area (Å²) in [7, 11) is 1.55. The highest BCUT2D eigenvalue weighted by Gasteiger charge is 2.47. The lowest BCUT2D eigenvalue weighted by Crippen LogP contribution is -2.12. The molecular formula is C23H20O4. The SMILES string of the molecule is COc1cccc(OCc2ccccc2)c1C(=O)[C@@H]1O[C@@H]1c1ccccc1. The molecule has 0 saturated carbocycles. The molecule has 4 rings (SSSR count). The van der Waals surface area contributed by atoms with Crippen LogP contribution in [-0.2, 0) is 11.3 Å². The molecule has 1 aliphatic heterocycles. The van der Waals surface area contributed by atoms with Crippen molar-refractivity contribution in [1.82, 2.24) is 0 Å². The van der Waals surface area contributed by atoms with E-state index in [-0.39, 0.29) is 11.9 Å². The van der Waals surface area contributed by atoms with Gasteiger partial charge in [-0.3, -0.25) is 4.79 Å². The molecule has 1 saturated heterocycles. The monoisotopic (exact) mass is 360 g/mol. The Morgan fingerprint density at radius 3 is 2.26 bits per heavy atom. The van der Waals surface area contributed by atoms with Crippen molar-refractivity contribution in [2.75, 3.05) is 7.11 Å². The molecular weight excluding hydrogens is 340 g/mol. The summed E-state index contributed by atoms with van der Waals surface area (Å²) < 4.78 is 17.0. The Morgan fingerprint density at radius 2 is 1.56 bits per heavy atom. The van der Waals surface area contributed by atoms with Crippen LogP contribution in [-0.4, -0.2) is 19.0 Å². The van der Waals surface area contributed by atoms with Gasteiger partial charge in [-0.1, -0.05) is 66.7 Å². The van der Waals surface area contributed by atoms with Crippen LogP contribution in [0.15, 0.2) is 78.9 Å². The molecule has 0 N–H and O–H groups in total. The average Bonchev–Trinajstić information content (AvgIpc) is 3.54. The average molecular weight is 360 g/mol. The first-order valence-electron chi connectivity index (χ1n) is 8.86. The highest BCUT2D eigenvalue weighted by atomic mass is 16.6. The van der Waals surface area contributed by atoms with Crippen molar-refractivity contribution >= 4 is 5.78 Å². The molecule has 3 aromatic carbocycles. The predicted molar refractivity (Wildman–Crippen MR) is 102 cm³/mol. The van der Waals surface area contributed by atoms with E-state index in [2.05, 4.69) is 0 Å². The number of carbonyl (C=O) groups is 1. The molecule has 0 bridgehead atoms. The third-order valence-corrected chi connectivity index (χ3v) is 4.57. The second kappa shape index (κ2) is 7.64. The van der Waals surface area contributed by atoms with Crippen LogP contribution in [0.5, 0.6) is 11.5 Å². The van der Waals surface area contributed by atoms with Gasteiger partial charge < -0.3 is 14.2 Å². The zero-order chi connectivity index (χ0) is 18.6. The summed E-state index contributed by atoms with van der Waals surface area (Å²) in [4.78, 5) is 13.1. The number of carbonyl (C=O) groups excluding carboxylic acids is 1. The lowest BCUT2D eigenvalue weighted by Gasteiger charge is -2.13. The number of ether oxygens (including phenoxy) is 3. The topological polar surface area (TPSA) is 48.1 Å². The van der Waals surface area contributed by atoms with Gasteiger partial charge in [0.1, 0.15) is 29.8 Å². The van der Waals surface area contributed by atoms with Crippen LogP contribution < -0.4 is 9.47 Å². The van der Waals surface area contributed by atoms with Gasteiger partial charge in [0.2, 0.25) is 5.78 Å². The van der Waals surface area contributed by atoms with Crippen molar-refractivity contribution in [2.24, 2.45) is 0 Å². The van der Waals surface area contributed by atoms with Crippen LogP contribution in [0.25, 0.3) is 0 Å². The molecule has 1 heterocycles. The molecule has 4 nitrogen and oxygen atoms in total. The first-order valence-corrected chi connectivity index (χ1v) is 8.86. The van der Waals surface area contributed by atoms with Crippen LogP contribution >= 0.6 is 0 Å². The molecule has 4 heteroatoms. The van der Waals surface area contributed by atoms with Gasteiger partial charge >= 0.3 is 0 Å². The number of ketones is 1. The van der Waals surface area contributed by atoms with Gasteiger partial charge in [0.25, 0.3) is 0 Å². The normalized spacial score (nSPS) is 18.0. The molecule has 1 fully saturated rings. The second-order valence-corrected chi connectivity index (χ2v) is 6.36. The Morgan fingerprint density at radius 1 is 0.889 bits per heavy atom. The molecule has 3 aromatic rings. The molecule has 136 valence electrons. The Hall–Kier alpha value is -3.11. The summed E-state index contributed by atoms with van der Waals surface area (Å²) in [5.41, 5.74) is 2.46. The minimum absolute atomic E-state index is 0.121. The lowest BCUT2D eigenvalue weighted by molar-refractivity contribution is 0.0946. The number of benzene rings is 3. The molecule has 0 unspecified atom stereocenters. The van der Waals surface area contributed by atoms with Gasteiger partial charge in [0.05, 0.1) is 7.11 Å². The van der Waals surface area contributed by atoms with Crippen molar-refractivity contribution in [3.05, 3.63) is 95.6 Å². The van der Waals surface area contributed by atoms with Gasteiger partial charge in [0.15, 0.2) is 6.10 Å². The predicted octanol–water partition coefficient (Wildman–Crippen LogP) is 4.60. The zero-order valence-corrected chi connectivity index (χ0v) is 15.0. The fourth-order valence-corrected chi connectivity index (χ4v) is 3.13. The number of hydrogen-bond donors (Lipinski definition) is 0. The molecule has 0 radical (unpaired) electrons. The molecule has 0 aliphatic carbocycles. The highest BCUT2D eigenvalue weighted by molar-refractivity contribution is 6.06. The summed E-state index contributed by atoms with van der Waals surface area (Å²) in [6, 6.07) is 25.0. The van der Waals surface area contributed by atoms with E-state index in [1.807, 2.05) is 66.7 Å². The molecule has 0 spiro atoms. The minimum Gasteiger partial charge on any atom is -0.496 e. The lowest BCUT2D eigenvalue weighted by atomic mass is 10.0. The third kappa shape index (κ3) is 3.71. The fraction of sp³-hybridized carbons (Fsp3) is 0.174. The number of methoxy groups -OCH3 is 1. The Bertz CT molecular complexity index is 922. The maximum atomic E-state index is 13.1. The van der Waals surface area contributed by atoms with E-state index >= 15 is 0 Å². The van der Waals surface area contributed by atoms with Crippen molar-refractivity contribution in [3.63, 3.8) is 0 Å². The summed E-state index contributed by atoms with van der Waals surface area (Å²) in [5, 5.41) is 0. The Labute approximate surface area is 158 Å². The van der Waals surface area contributed by atoms with Crippen molar-refractivity contribution in [3.8, 4) is 11.5 Å². The number of hydrogen-bond acceptors (Lipinski definition) is 4. The number of epoxide rings is 1. The molecule has 0 amide bonds. The minimum atomic E-state index is -0.511. The molecule has 1 aliphatic rings. The van der Waals surface area contributed by atoms with Gasteiger partial charge in [-0.15, -0.1) is 0 Å². The van der Waals surface area contributed by atoms with E-state index in [1.54, 1.807) is 19.2 Å². The zero-order valence-electron chi connectivity index (χ0n) is 15.0. The van der Waals surface area contributed by atoms with Crippen molar-refractivity contribution in [2.45, 2.75) is 18.8 Å². The van der Waals surface area contributed by atoms with E-state index in [0.717, 1.165) is 11.1 Å². The molecule has 2 atom stereocenters. The van der Waals surface area contributed by atoms with E-state index in [0.29, 0.717) is 23.7 Å². The van der Waals surface area contributed by atoms with Gasteiger partial charge in [0, 0.05) is 0 Å². The molecule has 27 heavy (non-hydrogen) atoms. The van der Waals surface area contributed by atoms with E-state index in [1.165, 1.54) is 0 Å². The van der Waals surface area contributed by atoms with E-state index in [4.69, 9.17) is 14.2 Å². The summed E-state index contributed by atoms with van der Waals surface area (Å²) in [5.74, 6) is 0.878. The highest BCUT2D eigenvalue weighted by Crippen LogP contribution is 2.43. The number of rotatable bonds is 7. The quantitative estimate of drug-likeness (QED) is 0.456. The van der Waals surface area contributed by atoms with Crippen LogP contribution in [0, 0.1) is 0 Å². The number of Topliss-reactive ketones (excluding diaryl/α,β-unsaturated/α-hetero) is 1. The second-order valence-electron chi connectivity index (χ2n) is 6.36. The van der Waals surface area contributed by atoms with Gasteiger partial charge in [-0.2, -0.15) is 0 Å². The van der Waals surface area contributed by atoms with Crippen LogP contribution in [0.1, 0.15) is 27.6 Å². The first-order chi connectivity index (χ1) is 13.3. The Kier molecular flexibility index (Phi) is 4.90. The maximum Gasteiger partial charge on any atom is 0.202 e. The molecule has 0 aromatic heterocycles. The van der Waals surface area contributed by atoms with Crippen LogP contribution in [0.4, 0.5) is 0 Å². The fourth-order valence-electron chi connectivity index (χ4n) is 3.13. The maximum absolute atomic E-state index is 13.1. The smallest absolute Gasteiger partial charge is 0.202 e. The Balaban J connectivity index is 1.57. The van der Waals surface area contributed by atoms with E-state index in [9.17, 15) is 4.79 Å². The first kappa shape index (κ1) is 17.3. The standard InChI is InChI=1S/C23H20O4/c1-25-18-13-8-14-19(26-15-16-9-4-2-5-10-16)20(18)21(24)23-22(27-23)17-11-6-3-7-12-17/h2-14,22-23H,15H2,1H3/t22-,23+/m1/s1. The van der Waals surface area contributed by atoms with E-state index < -0.39 is 6.10 Å². The van der Waals surface area contributed by atoms with Crippen molar-refractivity contribution < 1.29 is 19.0 Å². The summed E-state index contributed by atoms with van der Waals surface area (Å²) in [6.07, 6.45) is -0.728.